The van der Waals surface area contributed by atoms with Gasteiger partial charge in [-0.05, 0) is 50.5 Å². The van der Waals surface area contributed by atoms with Crippen LogP contribution in [0, 0.1) is 6.92 Å². The second-order valence-electron chi connectivity index (χ2n) is 8.03. The third-order valence-corrected chi connectivity index (χ3v) is 5.37. The van der Waals surface area contributed by atoms with Gasteiger partial charge in [0.15, 0.2) is 0 Å². The van der Waals surface area contributed by atoms with Gasteiger partial charge in [0.25, 0.3) is 0 Å². The van der Waals surface area contributed by atoms with Crippen molar-refractivity contribution in [3.8, 4) is 0 Å². The van der Waals surface area contributed by atoms with Gasteiger partial charge in [-0.2, -0.15) is 0 Å². The van der Waals surface area contributed by atoms with E-state index in [-0.39, 0.29) is 5.78 Å². The lowest BCUT2D eigenvalue weighted by Gasteiger charge is -2.19. The van der Waals surface area contributed by atoms with Gasteiger partial charge >= 0.3 is 5.97 Å². The fraction of sp³-hybridized carbons (Fsp3) is 0.231. The summed E-state index contributed by atoms with van der Waals surface area (Å²) in [6.45, 7) is 6.10. The van der Waals surface area contributed by atoms with E-state index < -0.39 is 11.4 Å². The van der Waals surface area contributed by atoms with E-state index in [1.54, 1.807) is 13.8 Å². The second-order valence-corrected chi connectivity index (χ2v) is 8.03. The van der Waals surface area contributed by atoms with Crippen molar-refractivity contribution in [3.63, 3.8) is 0 Å². The number of carboxylic acids is 1. The molecule has 0 fully saturated rings. The first-order chi connectivity index (χ1) is 14.3. The molecule has 1 heterocycles. The molecule has 3 rings (SSSR count). The summed E-state index contributed by atoms with van der Waals surface area (Å²) in [7, 11) is 0. The standard InChI is InChI=1S/C26H27NO3/c1-19-12-14-21(15-13-19)24(28)23-11-7-17-27(23)16-5-4-8-20-9-6-10-22(18-20)26(2,3)25(29)30/h4,6-15,17-18H,5,16H2,1-3H3,(H,29,30)/b8-4+. The highest BCUT2D eigenvalue weighted by Crippen LogP contribution is 2.24. The Hall–Kier alpha value is -3.40. The normalized spacial score (nSPS) is 11.7. The summed E-state index contributed by atoms with van der Waals surface area (Å²) in [5.41, 5.74) is 3.30. The van der Waals surface area contributed by atoms with Crippen molar-refractivity contribution in [2.24, 2.45) is 0 Å². The van der Waals surface area contributed by atoms with Crippen LogP contribution in [0.2, 0.25) is 0 Å². The van der Waals surface area contributed by atoms with Gasteiger partial charge in [-0.1, -0.05) is 66.2 Å². The van der Waals surface area contributed by atoms with Crippen LogP contribution in [0.1, 0.15) is 53.0 Å². The molecule has 0 saturated carbocycles. The summed E-state index contributed by atoms with van der Waals surface area (Å²) in [5, 5.41) is 9.42. The van der Waals surface area contributed by atoms with Crippen molar-refractivity contribution in [3.05, 3.63) is 101 Å². The van der Waals surface area contributed by atoms with E-state index in [1.165, 1.54) is 0 Å². The van der Waals surface area contributed by atoms with Gasteiger partial charge in [-0.3, -0.25) is 9.59 Å². The van der Waals surface area contributed by atoms with Crippen LogP contribution in [0.4, 0.5) is 0 Å². The van der Waals surface area contributed by atoms with Crippen LogP contribution >= 0.6 is 0 Å². The average molecular weight is 402 g/mol. The molecule has 0 atom stereocenters. The van der Waals surface area contributed by atoms with Gasteiger partial charge in [0.1, 0.15) is 0 Å². The van der Waals surface area contributed by atoms with E-state index >= 15 is 0 Å². The number of rotatable bonds is 8. The quantitative estimate of drug-likeness (QED) is 0.508. The minimum atomic E-state index is -0.930. The SMILES string of the molecule is Cc1ccc(C(=O)c2cccn2CC/C=C/c2cccc(C(C)(C)C(=O)O)c2)cc1. The van der Waals surface area contributed by atoms with Crippen molar-refractivity contribution in [2.45, 2.75) is 39.2 Å². The first-order valence-corrected chi connectivity index (χ1v) is 10.1. The number of carboxylic acid groups (broad SMARTS) is 1. The van der Waals surface area contributed by atoms with Crippen molar-refractivity contribution in [1.29, 1.82) is 0 Å². The molecule has 0 spiro atoms. The molecule has 30 heavy (non-hydrogen) atoms. The Morgan fingerprint density at radius 2 is 1.77 bits per heavy atom. The smallest absolute Gasteiger partial charge is 0.313 e. The second kappa shape index (κ2) is 8.95. The molecule has 1 N–H and O–H groups in total. The molecule has 0 aliphatic rings. The van der Waals surface area contributed by atoms with Gasteiger partial charge in [-0.25, -0.2) is 0 Å². The molecule has 0 bridgehead atoms. The summed E-state index contributed by atoms with van der Waals surface area (Å²) >= 11 is 0. The summed E-state index contributed by atoms with van der Waals surface area (Å²) < 4.78 is 1.97. The minimum absolute atomic E-state index is 0.0209. The number of benzene rings is 2. The molecule has 3 aromatic rings. The Balaban J connectivity index is 1.66. The van der Waals surface area contributed by atoms with Crippen LogP contribution < -0.4 is 0 Å². The van der Waals surface area contributed by atoms with E-state index in [9.17, 15) is 14.7 Å². The fourth-order valence-electron chi connectivity index (χ4n) is 3.26. The van der Waals surface area contributed by atoms with Crippen molar-refractivity contribution in [2.75, 3.05) is 0 Å². The number of aliphatic carboxylic acids is 1. The summed E-state index contributed by atoms with van der Waals surface area (Å²) in [6, 6.07) is 18.9. The number of ketones is 1. The third-order valence-electron chi connectivity index (χ3n) is 5.37. The van der Waals surface area contributed by atoms with Gasteiger partial charge in [0.2, 0.25) is 5.78 Å². The third kappa shape index (κ3) is 4.77. The summed E-state index contributed by atoms with van der Waals surface area (Å²) in [6.07, 6.45) is 6.72. The van der Waals surface area contributed by atoms with E-state index in [0.717, 1.165) is 23.1 Å². The molecule has 0 unspecified atom stereocenters. The van der Waals surface area contributed by atoms with Crippen LogP contribution in [0.25, 0.3) is 6.08 Å². The first-order valence-electron chi connectivity index (χ1n) is 10.1. The van der Waals surface area contributed by atoms with E-state index in [1.807, 2.05) is 90.5 Å². The maximum absolute atomic E-state index is 12.8. The molecule has 2 aromatic carbocycles. The minimum Gasteiger partial charge on any atom is -0.481 e. The van der Waals surface area contributed by atoms with Crippen molar-refractivity contribution < 1.29 is 14.7 Å². The molecule has 154 valence electrons. The maximum atomic E-state index is 12.8. The zero-order valence-corrected chi connectivity index (χ0v) is 17.6. The Bertz CT molecular complexity index is 1070. The lowest BCUT2D eigenvalue weighted by Crippen LogP contribution is -2.28. The molecule has 0 radical (unpaired) electrons. The number of hydrogen-bond donors (Lipinski definition) is 1. The number of nitrogens with zero attached hydrogens (tertiary/aromatic N) is 1. The molecule has 4 heteroatoms. The van der Waals surface area contributed by atoms with Gasteiger partial charge in [0.05, 0.1) is 11.1 Å². The monoisotopic (exact) mass is 401 g/mol. The van der Waals surface area contributed by atoms with Gasteiger partial charge < -0.3 is 9.67 Å². The number of hydrogen-bond acceptors (Lipinski definition) is 2. The molecule has 4 nitrogen and oxygen atoms in total. The number of aromatic nitrogens is 1. The Kier molecular flexibility index (Phi) is 6.36. The van der Waals surface area contributed by atoms with Crippen molar-refractivity contribution in [1.82, 2.24) is 4.57 Å². The summed E-state index contributed by atoms with van der Waals surface area (Å²) in [4.78, 5) is 24.3. The zero-order chi connectivity index (χ0) is 21.7. The topological polar surface area (TPSA) is 59.3 Å². The lowest BCUT2D eigenvalue weighted by molar-refractivity contribution is -0.142. The molecule has 0 aliphatic carbocycles. The fourth-order valence-corrected chi connectivity index (χ4v) is 3.26. The number of aryl methyl sites for hydroxylation is 2. The highest BCUT2D eigenvalue weighted by molar-refractivity contribution is 6.08. The lowest BCUT2D eigenvalue weighted by atomic mass is 9.84. The van der Waals surface area contributed by atoms with E-state index in [4.69, 9.17) is 0 Å². The summed E-state index contributed by atoms with van der Waals surface area (Å²) in [5.74, 6) is -0.824. The Morgan fingerprint density at radius 1 is 1.03 bits per heavy atom. The number of carbonyl (C=O) groups is 2. The predicted octanol–water partition coefficient (Wildman–Crippen LogP) is 5.49. The highest BCUT2D eigenvalue weighted by atomic mass is 16.4. The molecule has 0 aliphatic heterocycles. The molecule has 1 aromatic heterocycles. The predicted molar refractivity (Wildman–Crippen MR) is 120 cm³/mol. The van der Waals surface area contributed by atoms with Gasteiger partial charge in [-0.15, -0.1) is 0 Å². The van der Waals surface area contributed by atoms with E-state index in [0.29, 0.717) is 17.8 Å². The zero-order valence-electron chi connectivity index (χ0n) is 17.6. The number of carbonyl (C=O) groups excluding carboxylic acids is 1. The average Bonchev–Trinajstić information content (AvgIpc) is 3.20. The first kappa shape index (κ1) is 21.3. The van der Waals surface area contributed by atoms with Crippen LogP contribution in [0.3, 0.4) is 0 Å². The molecular formula is C26H27NO3. The molecular weight excluding hydrogens is 374 g/mol. The van der Waals surface area contributed by atoms with Crippen LogP contribution in [-0.4, -0.2) is 21.4 Å². The highest BCUT2D eigenvalue weighted by Gasteiger charge is 2.29. The Labute approximate surface area is 177 Å². The van der Waals surface area contributed by atoms with Crippen LogP contribution in [-0.2, 0) is 16.8 Å². The van der Waals surface area contributed by atoms with Crippen LogP contribution in [0.15, 0.2) is 72.9 Å². The van der Waals surface area contributed by atoms with Crippen LogP contribution in [0.5, 0.6) is 0 Å². The Morgan fingerprint density at radius 3 is 2.47 bits per heavy atom. The maximum Gasteiger partial charge on any atom is 0.313 e. The largest absolute Gasteiger partial charge is 0.481 e. The molecule has 0 saturated heterocycles. The molecule has 0 amide bonds. The van der Waals surface area contributed by atoms with Gasteiger partial charge in [0, 0.05) is 18.3 Å². The van der Waals surface area contributed by atoms with E-state index in [2.05, 4.69) is 0 Å². The van der Waals surface area contributed by atoms with Crippen molar-refractivity contribution >= 4 is 17.8 Å². The number of allylic oxidation sites excluding steroid dienone is 1.